The quantitative estimate of drug-likeness (QED) is 0.366. The van der Waals surface area contributed by atoms with E-state index in [1.54, 1.807) is 24.3 Å². The van der Waals surface area contributed by atoms with Crippen molar-refractivity contribution in [3.63, 3.8) is 0 Å². The average Bonchev–Trinajstić information content (AvgIpc) is 2.48. The Morgan fingerprint density at radius 1 is 1.35 bits per heavy atom. The number of hydrogen-bond acceptors (Lipinski definition) is 4. The maximum absolute atomic E-state index is 12.5. The number of amidine groups is 1. The van der Waals surface area contributed by atoms with Crippen LogP contribution in [-0.2, 0) is 4.74 Å². The number of nitrogens with two attached hydrogens (primary N) is 1. The van der Waals surface area contributed by atoms with Crippen molar-refractivity contribution in [1.82, 2.24) is 4.90 Å². The minimum absolute atomic E-state index is 0.0253. The Bertz CT molecular complexity index is 513. The molecule has 108 valence electrons. The van der Waals surface area contributed by atoms with Crippen LogP contribution in [0.2, 0.25) is 0 Å². The van der Waals surface area contributed by atoms with Crippen LogP contribution in [0.5, 0.6) is 0 Å². The smallest absolute Gasteiger partial charge is 0.254 e. The number of nitrogens with zero attached hydrogens (tertiary/aromatic N) is 2. The van der Waals surface area contributed by atoms with E-state index in [2.05, 4.69) is 5.16 Å². The van der Waals surface area contributed by atoms with E-state index in [1.807, 2.05) is 18.7 Å². The van der Waals surface area contributed by atoms with Crippen molar-refractivity contribution in [2.45, 2.75) is 26.0 Å². The number of carbonyl (C=O) groups excluding carboxylic acids is 1. The van der Waals surface area contributed by atoms with Crippen molar-refractivity contribution in [3.05, 3.63) is 35.4 Å². The van der Waals surface area contributed by atoms with Gasteiger partial charge >= 0.3 is 0 Å². The van der Waals surface area contributed by atoms with Gasteiger partial charge in [0.1, 0.15) is 0 Å². The van der Waals surface area contributed by atoms with Crippen LogP contribution >= 0.6 is 0 Å². The van der Waals surface area contributed by atoms with Crippen molar-refractivity contribution in [3.8, 4) is 0 Å². The van der Waals surface area contributed by atoms with E-state index in [0.29, 0.717) is 24.3 Å². The summed E-state index contributed by atoms with van der Waals surface area (Å²) in [6, 6.07) is 6.75. The Hall–Kier alpha value is -2.08. The van der Waals surface area contributed by atoms with Gasteiger partial charge in [0.2, 0.25) is 0 Å². The molecule has 1 aliphatic rings. The SMILES string of the molecule is CC1CN(C(=O)c2ccc(/C(N)=N/O)cc2)C(C)CO1. The third-order valence-electron chi connectivity index (χ3n) is 3.40. The van der Waals surface area contributed by atoms with Crippen LogP contribution in [0.25, 0.3) is 0 Å². The summed E-state index contributed by atoms with van der Waals surface area (Å²) in [7, 11) is 0. The number of morpholine rings is 1. The zero-order valence-electron chi connectivity index (χ0n) is 11.6. The van der Waals surface area contributed by atoms with Gasteiger partial charge in [0, 0.05) is 17.7 Å². The molecule has 6 heteroatoms. The second-order valence-corrected chi connectivity index (χ2v) is 5.01. The molecule has 1 aromatic carbocycles. The number of benzene rings is 1. The van der Waals surface area contributed by atoms with Crippen molar-refractivity contribution in [2.75, 3.05) is 13.2 Å². The molecule has 20 heavy (non-hydrogen) atoms. The van der Waals surface area contributed by atoms with Crippen LogP contribution in [0.4, 0.5) is 0 Å². The normalized spacial score (nSPS) is 23.7. The molecule has 2 atom stereocenters. The summed E-state index contributed by atoms with van der Waals surface area (Å²) in [6.45, 7) is 5.05. The standard InChI is InChI=1S/C14H19N3O3/c1-9-8-20-10(2)7-17(9)14(18)12-5-3-11(4-6-12)13(15)16-19/h3-6,9-10,19H,7-8H2,1-2H3,(H2,15,16). The predicted octanol–water partition coefficient (Wildman–Crippen LogP) is 1.03. The lowest BCUT2D eigenvalue weighted by Gasteiger charge is -2.36. The van der Waals surface area contributed by atoms with Gasteiger partial charge in [-0.05, 0) is 26.0 Å². The molecule has 2 rings (SSSR count). The molecule has 3 N–H and O–H groups in total. The Labute approximate surface area is 117 Å². The van der Waals surface area contributed by atoms with E-state index in [0.717, 1.165) is 0 Å². The van der Waals surface area contributed by atoms with Crippen molar-refractivity contribution >= 4 is 11.7 Å². The highest BCUT2D eigenvalue weighted by Gasteiger charge is 2.28. The summed E-state index contributed by atoms with van der Waals surface area (Å²) in [5, 5.41) is 11.5. The Kier molecular flexibility index (Phi) is 4.24. The van der Waals surface area contributed by atoms with E-state index in [9.17, 15) is 4.79 Å². The van der Waals surface area contributed by atoms with Crippen LogP contribution in [0.1, 0.15) is 29.8 Å². The van der Waals surface area contributed by atoms with Gasteiger partial charge in [-0.3, -0.25) is 4.79 Å². The number of carbonyl (C=O) groups is 1. The van der Waals surface area contributed by atoms with Crippen molar-refractivity contribution in [1.29, 1.82) is 0 Å². The number of hydrogen-bond donors (Lipinski definition) is 2. The first-order chi connectivity index (χ1) is 9.52. The van der Waals surface area contributed by atoms with E-state index in [1.165, 1.54) is 0 Å². The van der Waals surface area contributed by atoms with Gasteiger partial charge < -0.3 is 20.6 Å². The van der Waals surface area contributed by atoms with Crippen LogP contribution in [0.15, 0.2) is 29.4 Å². The zero-order chi connectivity index (χ0) is 14.7. The zero-order valence-corrected chi connectivity index (χ0v) is 11.6. The summed E-state index contributed by atoms with van der Waals surface area (Å²) in [6.07, 6.45) is 0.0478. The van der Waals surface area contributed by atoms with Crippen molar-refractivity contribution < 1.29 is 14.7 Å². The fourth-order valence-electron chi connectivity index (χ4n) is 2.19. The van der Waals surface area contributed by atoms with Gasteiger partial charge in [-0.2, -0.15) is 0 Å². The molecule has 2 unspecified atom stereocenters. The fourth-order valence-corrected chi connectivity index (χ4v) is 2.19. The highest BCUT2D eigenvalue weighted by molar-refractivity contribution is 5.99. The summed E-state index contributed by atoms with van der Waals surface area (Å²) >= 11 is 0. The molecule has 0 aromatic heterocycles. The molecule has 0 saturated carbocycles. The Morgan fingerprint density at radius 3 is 2.55 bits per heavy atom. The van der Waals surface area contributed by atoms with Crippen molar-refractivity contribution in [2.24, 2.45) is 10.9 Å². The van der Waals surface area contributed by atoms with E-state index < -0.39 is 0 Å². The number of amides is 1. The lowest BCUT2D eigenvalue weighted by atomic mass is 10.1. The monoisotopic (exact) mass is 277 g/mol. The van der Waals surface area contributed by atoms with Gasteiger partial charge in [-0.1, -0.05) is 17.3 Å². The molecular formula is C14H19N3O3. The van der Waals surface area contributed by atoms with E-state index in [-0.39, 0.29) is 23.9 Å². The largest absolute Gasteiger partial charge is 0.409 e. The first kappa shape index (κ1) is 14.3. The van der Waals surface area contributed by atoms with Gasteiger partial charge in [0.05, 0.1) is 18.8 Å². The summed E-state index contributed by atoms with van der Waals surface area (Å²) < 4.78 is 5.52. The van der Waals surface area contributed by atoms with Gasteiger partial charge in [0.25, 0.3) is 5.91 Å². The second kappa shape index (κ2) is 5.92. The van der Waals surface area contributed by atoms with E-state index >= 15 is 0 Å². The van der Waals surface area contributed by atoms with Gasteiger partial charge in [0.15, 0.2) is 5.84 Å². The lowest BCUT2D eigenvalue weighted by molar-refractivity contribution is -0.0387. The number of ether oxygens (including phenoxy) is 1. The molecule has 0 radical (unpaired) electrons. The molecule has 0 aliphatic carbocycles. The topological polar surface area (TPSA) is 88.2 Å². The minimum atomic E-state index is -0.0290. The Morgan fingerprint density at radius 2 is 1.95 bits per heavy atom. The number of rotatable bonds is 2. The van der Waals surface area contributed by atoms with Crippen LogP contribution < -0.4 is 5.73 Å². The molecule has 0 spiro atoms. The second-order valence-electron chi connectivity index (χ2n) is 5.01. The third-order valence-corrected chi connectivity index (χ3v) is 3.40. The third kappa shape index (κ3) is 2.91. The molecule has 1 aliphatic heterocycles. The maximum atomic E-state index is 12.5. The highest BCUT2D eigenvalue weighted by Crippen LogP contribution is 2.16. The Balaban J connectivity index is 2.16. The summed E-state index contributed by atoms with van der Waals surface area (Å²) in [4.78, 5) is 14.3. The molecule has 1 aromatic rings. The van der Waals surface area contributed by atoms with Crippen LogP contribution in [-0.4, -0.2) is 47.1 Å². The molecule has 1 fully saturated rings. The predicted molar refractivity (Wildman–Crippen MR) is 74.9 cm³/mol. The maximum Gasteiger partial charge on any atom is 0.254 e. The molecule has 6 nitrogen and oxygen atoms in total. The molecule has 1 saturated heterocycles. The molecule has 1 amide bonds. The van der Waals surface area contributed by atoms with E-state index in [4.69, 9.17) is 15.7 Å². The average molecular weight is 277 g/mol. The van der Waals surface area contributed by atoms with Crippen LogP contribution in [0.3, 0.4) is 0 Å². The fraction of sp³-hybridized carbons (Fsp3) is 0.429. The summed E-state index contributed by atoms with van der Waals surface area (Å²) in [5.74, 6) is -0.00364. The highest BCUT2D eigenvalue weighted by atomic mass is 16.5. The van der Waals surface area contributed by atoms with Gasteiger partial charge in [-0.25, -0.2) is 0 Å². The first-order valence-corrected chi connectivity index (χ1v) is 6.53. The molecule has 1 heterocycles. The summed E-state index contributed by atoms with van der Waals surface area (Å²) in [5.41, 5.74) is 6.65. The number of oxime groups is 1. The lowest BCUT2D eigenvalue weighted by Crippen LogP contribution is -2.50. The van der Waals surface area contributed by atoms with Gasteiger partial charge in [-0.15, -0.1) is 0 Å². The minimum Gasteiger partial charge on any atom is -0.409 e. The first-order valence-electron chi connectivity index (χ1n) is 6.53. The van der Waals surface area contributed by atoms with Crippen LogP contribution in [0, 0.1) is 0 Å². The molecular weight excluding hydrogens is 258 g/mol. The molecule has 0 bridgehead atoms.